The van der Waals surface area contributed by atoms with Gasteiger partial charge in [-0.15, -0.1) is 0 Å². The fourth-order valence-corrected chi connectivity index (χ4v) is 2.45. The average Bonchev–Trinajstić information content (AvgIpc) is 2.79. The second-order valence-electron chi connectivity index (χ2n) is 4.57. The number of para-hydroxylation sites is 1. The van der Waals surface area contributed by atoms with Gasteiger partial charge in [-0.25, -0.2) is 4.79 Å². The molecule has 0 bridgehead atoms. The molecule has 1 aromatic rings. The Morgan fingerprint density at radius 1 is 1.41 bits per heavy atom. The number of likely N-dealkylation sites (tertiary alicyclic amines) is 1. The van der Waals surface area contributed by atoms with Crippen molar-refractivity contribution < 1.29 is 4.79 Å². The number of carbonyl (C=O) groups excluding carboxylic acids is 1. The molecule has 3 heteroatoms. The van der Waals surface area contributed by atoms with Crippen molar-refractivity contribution in [3.63, 3.8) is 0 Å². The van der Waals surface area contributed by atoms with E-state index in [0.29, 0.717) is 6.04 Å². The first-order valence-electron chi connectivity index (χ1n) is 6.44. The lowest BCUT2D eigenvalue weighted by atomic mass is 10.1. The van der Waals surface area contributed by atoms with Crippen LogP contribution in [0.3, 0.4) is 0 Å². The number of amides is 2. The SMILES string of the molecule is CCCC1CCCN1C(=O)Nc1ccccc1. The third-order valence-corrected chi connectivity index (χ3v) is 3.28. The van der Waals surface area contributed by atoms with Gasteiger partial charge >= 0.3 is 6.03 Å². The van der Waals surface area contributed by atoms with Crippen molar-refractivity contribution in [2.24, 2.45) is 0 Å². The van der Waals surface area contributed by atoms with Gasteiger partial charge in [-0.2, -0.15) is 0 Å². The molecule has 17 heavy (non-hydrogen) atoms. The average molecular weight is 232 g/mol. The third kappa shape index (κ3) is 2.99. The summed E-state index contributed by atoms with van der Waals surface area (Å²) in [5.74, 6) is 0. The minimum absolute atomic E-state index is 0.0483. The first kappa shape index (κ1) is 12.0. The van der Waals surface area contributed by atoms with Gasteiger partial charge in [0, 0.05) is 18.3 Å². The second kappa shape index (κ2) is 5.71. The van der Waals surface area contributed by atoms with Crippen molar-refractivity contribution in [2.75, 3.05) is 11.9 Å². The van der Waals surface area contributed by atoms with E-state index in [0.717, 1.165) is 37.9 Å². The number of rotatable bonds is 3. The minimum atomic E-state index is 0.0483. The number of anilines is 1. The van der Waals surface area contributed by atoms with Crippen LogP contribution in [-0.2, 0) is 0 Å². The first-order chi connectivity index (χ1) is 8.31. The normalized spacial score (nSPS) is 19.4. The zero-order chi connectivity index (χ0) is 12.1. The van der Waals surface area contributed by atoms with Gasteiger partial charge in [-0.05, 0) is 31.4 Å². The fraction of sp³-hybridized carbons (Fsp3) is 0.500. The Balaban J connectivity index is 1.95. The Bertz CT molecular complexity index is 364. The van der Waals surface area contributed by atoms with Crippen LogP contribution in [0.4, 0.5) is 10.5 Å². The molecule has 0 aliphatic carbocycles. The van der Waals surface area contributed by atoms with Crippen LogP contribution in [0.2, 0.25) is 0 Å². The van der Waals surface area contributed by atoms with E-state index in [-0.39, 0.29) is 6.03 Å². The first-order valence-corrected chi connectivity index (χ1v) is 6.44. The number of hydrogen-bond acceptors (Lipinski definition) is 1. The Morgan fingerprint density at radius 3 is 2.88 bits per heavy atom. The molecule has 1 heterocycles. The van der Waals surface area contributed by atoms with E-state index in [4.69, 9.17) is 0 Å². The zero-order valence-corrected chi connectivity index (χ0v) is 10.4. The standard InChI is InChI=1S/C14H20N2O/c1-2-7-13-10-6-11-16(13)14(17)15-12-8-4-3-5-9-12/h3-5,8-9,13H,2,6-7,10-11H2,1H3,(H,15,17). The quantitative estimate of drug-likeness (QED) is 0.850. The number of carbonyl (C=O) groups is 1. The van der Waals surface area contributed by atoms with E-state index in [9.17, 15) is 4.79 Å². The van der Waals surface area contributed by atoms with Crippen LogP contribution in [0, 0.1) is 0 Å². The van der Waals surface area contributed by atoms with Gasteiger partial charge in [-0.3, -0.25) is 0 Å². The van der Waals surface area contributed by atoms with Crippen LogP contribution in [0.25, 0.3) is 0 Å². The molecule has 1 saturated heterocycles. The van der Waals surface area contributed by atoms with Gasteiger partial charge < -0.3 is 10.2 Å². The Hall–Kier alpha value is -1.51. The van der Waals surface area contributed by atoms with Gasteiger partial charge in [0.2, 0.25) is 0 Å². The summed E-state index contributed by atoms with van der Waals surface area (Å²) in [4.78, 5) is 14.1. The zero-order valence-electron chi connectivity index (χ0n) is 10.4. The molecule has 0 radical (unpaired) electrons. The molecule has 1 unspecified atom stereocenters. The van der Waals surface area contributed by atoms with Crippen molar-refractivity contribution in [3.05, 3.63) is 30.3 Å². The molecule has 1 aliphatic heterocycles. The molecule has 1 atom stereocenters. The maximum atomic E-state index is 12.1. The highest BCUT2D eigenvalue weighted by atomic mass is 16.2. The van der Waals surface area contributed by atoms with E-state index in [2.05, 4.69) is 12.2 Å². The molecule has 1 fully saturated rings. The molecule has 92 valence electrons. The largest absolute Gasteiger partial charge is 0.322 e. The van der Waals surface area contributed by atoms with Crippen molar-refractivity contribution in [3.8, 4) is 0 Å². The summed E-state index contributed by atoms with van der Waals surface area (Å²) in [7, 11) is 0. The van der Waals surface area contributed by atoms with E-state index in [1.54, 1.807) is 0 Å². The number of nitrogens with zero attached hydrogens (tertiary/aromatic N) is 1. The van der Waals surface area contributed by atoms with Gasteiger partial charge in [0.15, 0.2) is 0 Å². The summed E-state index contributed by atoms with van der Waals surface area (Å²) in [5.41, 5.74) is 0.875. The number of urea groups is 1. The van der Waals surface area contributed by atoms with Crippen LogP contribution < -0.4 is 5.32 Å². The van der Waals surface area contributed by atoms with Crippen LogP contribution in [0.5, 0.6) is 0 Å². The summed E-state index contributed by atoms with van der Waals surface area (Å²) in [6.45, 7) is 3.06. The highest BCUT2D eigenvalue weighted by Crippen LogP contribution is 2.22. The molecule has 0 saturated carbocycles. The maximum Gasteiger partial charge on any atom is 0.322 e. The highest BCUT2D eigenvalue weighted by Gasteiger charge is 2.27. The molecule has 1 N–H and O–H groups in total. The Labute approximate surface area is 103 Å². The molecular weight excluding hydrogens is 212 g/mol. The topological polar surface area (TPSA) is 32.3 Å². The summed E-state index contributed by atoms with van der Waals surface area (Å²) in [6, 6.07) is 10.1. The summed E-state index contributed by atoms with van der Waals surface area (Å²) in [5, 5.41) is 2.96. The predicted octanol–water partition coefficient (Wildman–Crippen LogP) is 3.48. The van der Waals surface area contributed by atoms with Crippen LogP contribution >= 0.6 is 0 Å². The lowest BCUT2D eigenvalue weighted by Gasteiger charge is -2.24. The van der Waals surface area contributed by atoms with E-state index in [1.165, 1.54) is 0 Å². The summed E-state index contributed by atoms with van der Waals surface area (Å²) < 4.78 is 0. The molecule has 1 aromatic carbocycles. The molecule has 0 aromatic heterocycles. The lowest BCUT2D eigenvalue weighted by Crippen LogP contribution is -2.38. The van der Waals surface area contributed by atoms with Gasteiger partial charge in [0.1, 0.15) is 0 Å². The predicted molar refractivity (Wildman–Crippen MR) is 70.1 cm³/mol. The highest BCUT2D eigenvalue weighted by molar-refractivity contribution is 5.89. The molecular formula is C14H20N2O. The Kier molecular flexibility index (Phi) is 4.02. The fourth-order valence-electron chi connectivity index (χ4n) is 2.45. The van der Waals surface area contributed by atoms with Gasteiger partial charge in [0.05, 0.1) is 0 Å². The molecule has 1 aliphatic rings. The second-order valence-corrected chi connectivity index (χ2v) is 4.57. The van der Waals surface area contributed by atoms with Crippen LogP contribution in [0.1, 0.15) is 32.6 Å². The number of nitrogens with one attached hydrogen (secondary N) is 1. The van der Waals surface area contributed by atoms with Crippen molar-refractivity contribution >= 4 is 11.7 Å². The van der Waals surface area contributed by atoms with E-state index < -0.39 is 0 Å². The number of benzene rings is 1. The third-order valence-electron chi connectivity index (χ3n) is 3.28. The van der Waals surface area contributed by atoms with Crippen molar-refractivity contribution in [1.82, 2.24) is 4.90 Å². The van der Waals surface area contributed by atoms with Crippen molar-refractivity contribution in [1.29, 1.82) is 0 Å². The van der Waals surface area contributed by atoms with Crippen LogP contribution in [0.15, 0.2) is 30.3 Å². The minimum Gasteiger partial charge on any atom is -0.322 e. The molecule has 0 spiro atoms. The smallest absolute Gasteiger partial charge is 0.322 e. The van der Waals surface area contributed by atoms with Gasteiger partial charge in [0.25, 0.3) is 0 Å². The number of hydrogen-bond donors (Lipinski definition) is 1. The van der Waals surface area contributed by atoms with Crippen LogP contribution in [-0.4, -0.2) is 23.5 Å². The van der Waals surface area contributed by atoms with E-state index in [1.807, 2.05) is 35.2 Å². The van der Waals surface area contributed by atoms with E-state index >= 15 is 0 Å². The lowest BCUT2D eigenvalue weighted by molar-refractivity contribution is 0.203. The molecule has 2 amide bonds. The molecule has 3 nitrogen and oxygen atoms in total. The Morgan fingerprint density at radius 2 is 2.18 bits per heavy atom. The maximum absolute atomic E-state index is 12.1. The monoisotopic (exact) mass is 232 g/mol. The summed E-state index contributed by atoms with van der Waals surface area (Å²) in [6.07, 6.45) is 4.53. The summed E-state index contributed by atoms with van der Waals surface area (Å²) >= 11 is 0. The van der Waals surface area contributed by atoms with Crippen molar-refractivity contribution in [2.45, 2.75) is 38.6 Å². The molecule has 2 rings (SSSR count). The van der Waals surface area contributed by atoms with Gasteiger partial charge in [-0.1, -0.05) is 31.5 Å².